The first kappa shape index (κ1) is 17.5. The molecule has 2 aromatic rings. The van der Waals surface area contributed by atoms with Gasteiger partial charge in [0.2, 0.25) is 0 Å². The average Bonchev–Trinajstić information content (AvgIpc) is 2.83. The van der Waals surface area contributed by atoms with E-state index in [0.29, 0.717) is 6.42 Å². The number of hydrogen-bond acceptors (Lipinski definition) is 2. The van der Waals surface area contributed by atoms with Crippen LogP contribution in [0.1, 0.15) is 52.1 Å². The highest BCUT2D eigenvalue weighted by Gasteiger charge is 2.23. The molecule has 0 fully saturated rings. The molecule has 0 saturated carbocycles. The molecule has 4 heteroatoms. The predicted molar refractivity (Wildman–Crippen MR) is 94.6 cm³/mol. The molecule has 0 bridgehead atoms. The van der Waals surface area contributed by atoms with E-state index in [4.69, 9.17) is 0 Å². The SMILES string of the molecule is CC(NC(CCC(C)(C)C)C(=O)O)c1cccc2c1ccn2C. The highest BCUT2D eigenvalue weighted by Crippen LogP contribution is 2.26. The number of carbonyl (C=O) groups is 1. The highest BCUT2D eigenvalue weighted by molar-refractivity contribution is 5.84. The maximum absolute atomic E-state index is 11.6. The van der Waals surface area contributed by atoms with Gasteiger partial charge < -0.3 is 9.67 Å². The monoisotopic (exact) mass is 316 g/mol. The van der Waals surface area contributed by atoms with Gasteiger partial charge in [-0.25, -0.2) is 0 Å². The summed E-state index contributed by atoms with van der Waals surface area (Å²) in [7, 11) is 2.02. The van der Waals surface area contributed by atoms with Gasteiger partial charge in [-0.05, 0) is 42.9 Å². The van der Waals surface area contributed by atoms with E-state index in [2.05, 4.69) is 48.9 Å². The van der Waals surface area contributed by atoms with E-state index < -0.39 is 12.0 Å². The van der Waals surface area contributed by atoms with Crippen LogP contribution in [0.3, 0.4) is 0 Å². The van der Waals surface area contributed by atoms with Gasteiger partial charge >= 0.3 is 5.97 Å². The van der Waals surface area contributed by atoms with Crippen LogP contribution in [0.4, 0.5) is 0 Å². The fourth-order valence-electron chi connectivity index (χ4n) is 2.95. The lowest BCUT2D eigenvalue weighted by Gasteiger charge is -2.25. The molecule has 1 heterocycles. The first-order chi connectivity index (χ1) is 10.7. The Kier molecular flexibility index (Phi) is 5.15. The largest absolute Gasteiger partial charge is 0.480 e. The quantitative estimate of drug-likeness (QED) is 0.843. The van der Waals surface area contributed by atoms with Gasteiger partial charge in [0.05, 0.1) is 0 Å². The smallest absolute Gasteiger partial charge is 0.320 e. The van der Waals surface area contributed by atoms with Crippen LogP contribution in [0, 0.1) is 5.41 Å². The number of fused-ring (bicyclic) bond motifs is 1. The van der Waals surface area contributed by atoms with Crippen molar-refractivity contribution in [3.05, 3.63) is 36.0 Å². The first-order valence-electron chi connectivity index (χ1n) is 8.22. The average molecular weight is 316 g/mol. The number of carboxylic acids is 1. The number of carboxylic acid groups (broad SMARTS) is 1. The van der Waals surface area contributed by atoms with E-state index in [1.165, 1.54) is 5.39 Å². The summed E-state index contributed by atoms with van der Waals surface area (Å²) >= 11 is 0. The van der Waals surface area contributed by atoms with Gasteiger partial charge in [-0.15, -0.1) is 0 Å². The van der Waals surface area contributed by atoms with Gasteiger partial charge in [0.25, 0.3) is 0 Å². The highest BCUT2D eigenvalue weighted by atomic mass is 16.4. The molecule has 2 unspecified atom stereocenters. The molecular formula is C19H28N2O2. The van der Waals surface area contributed by atoms with Gasteiger partial charge in [-0.1, -0.05) is 32.9 Å². The molecule has 0 aliphatic rings. The maximum Gasteiger partial charge on any atom is 0.320 e. The molecule has 4 nitrogen and oxygen atoms in total. The normalized spacial score (nSPS) is 14.8. The van der Waals surface area contributed by atoms with Crippen LogP contribution < -0.4 is 5.32 Å². The van der Waals surface area contributed by atoms with Crippen molar-refractivity contribution in [3.8, 4) is 0 Å². The third-order valence-electron chi connectivity index (χ3n) is 4.36. The van der Waals surface area contributed by atoms with Crippen molar-refractivity contribution in [2.75, 3.05) is 0 Å². The second-order valence-electron chi connectivity index (χ2n) is 7.59. The summed E-state index contributed by atoms with van der Waals surface area (Å²) in [6.45, 7) is 8.45. The molecule has 2 atom stereocenters. The first-order valence-corrected chi connectivity index (χ1v) is 8.22. The zero-order chi connectivity index (χ0) is 17.2. The molecular weight excluding hydrogens is 288 g/mol. The molecule has 0 aliphatic heterocycles. The third-order valence-corrected chi connectivity index (χ3v) is 4.36. The summed E-state index contributed by atoms with van der Waals surface area (Å²) in [6.07, 6.45) is 3.54. The summed E-state index contributed by atoms with van der Waals surface area (Å²) in [6, 6.07) is 7.74. The van der Waals surface area contributed by atoms with Crippen molar-refractivity contribution >= 4 is 16.9 Å². The molecule has 23 heavy (non-hydrogen) atoms. The van der Waals surface area contributed by atoms with Crippen molar-refractivity contribution in [1.29, 1.82) is 0 Å². The van der Waals surface area contributed by atoms with Crippen LogP contribution >= 0.6 is 0 Å². The number of rotatable bonds is 6. The molecule has 0 saturated heterocycles. The van der Waals surface area contributed by atoms with E-state index in [1.54, 1.807) is 0 Å². The summed E-state index contributed by atoms with van der Waals surface area (Å²) in [5.74, 6) is -0.777. The number of hydrogen-bond donors (Lipinski definition) is 2. The minimum absolute atomic E-state index is 0.0119. The molecule has 1 aromatic carbocycles. The van der Waals surface area contributed by atoms with Gasteiger partial charge in [-0.2, -0.15) is 0 Å². The molecule has 2 rings (SSSR count). The Morgan fingerprint density at radius 2 is 2.00 bits per heavy atom. The fraction of sp³-hybridized carbons (Fsp3) is 0.526. The summed E-state index contributed by atoms with van der Waals surface area (Å²) in [4.78, 5) is 11.6. The maximum atomic E-state index is 11.6. The minimum Gasteiger partial charge on any atom is -0.480 e. The summed E-state index contributed by atoms with van der Waals surface area (Å²) in [5, 5.41) is 14.0. The number of benzene rings is 1. The van der Waals surface area contributed by atoms with Gasteiger partial charge in [0.1, 0.15) is 6.04 Å². The third kappa shape index (κ3) is 4.35. The predicted octanol–water partition coefficient (Wildman–Crippen LogP) is 4.11. The van der Waals surface area contributed by atoms with Crippen LogP contribution in [0.15, 0.2) is 30.5 Å². The van der Waals surface area contributed by atoms with Crippen molar-refractivity contribution < 1.29 is 9.90 Å². The lowest BCUT2D eigenvalue weighted by molar-refractivity contribution is -0.140. The second kappa shape index (κ2) is 6.75. The number of aryl methyl sites for hydroxylation is 1. The Morgan fingerprint density at radius 1 is 1.30 bits per heavy atom. The standard InChI is InChI=1S/C19H28N2O2/c1-13(20-16(18(22)23)9-11-19(2,3)4)14-7-6-8-17-15(14)10-12-21(17)5/h6-8,10,12-13,16,20H,9,11H2,1-5H3,(H,22,23). The van der Waals surface area contributed by atoms with Crippen molar-refractivity contribution in [1.82, 2.24) is 9.88 Å². The summed E-state index contributed by atoms with van der Waals surface area (Å²) in [5.41, 5.74) is 2.45. The summed E-state index contributed by atoms with van der Waals surface area (Å²) < 4.78 is 2.08. The number of aliphatic carboxylic acids is 1. The fourth-order valence-corrected chi connectivity index (χ4v) is 2.95. The molecule has 0 amide bonds. The van der Waals surface area contributed by atoms with E-state index in [1.807, 2.05) is 26.2 Å². The molecule has 0 aliphatic carbocycles. The number of aromatic nitrogens is 1. The van der Waals surface area contributed by atoms with E-state index in [-0.39, 0.29) is 11.5 Å². The van der Waals surface area contributed by atoms with Crippen LogP contribution in [-0.4, -0.2) is 21.7 Å². The Labute approximate surface area is 138 Å². The number of nitrogens with zero attached hydrogens (tertiary/aromatic N) is 1. The van der Waals surface area contributed by atoms with Crippen molar-refractivity contribution in [2.45, 2.75) is 52.6 Å². The Bertz CT molecular complexity index is 682. The lowest BCUT2D eigenvalue weighted by Crippen LogP contribution is -2.39. The number of nitrogens with one attached hydrogen (secondary N) is 1. The van der Waals surface area contributed by atoms with Gasteiger partial charge in [0.15, 0.2) is 0 Å². The Morgan fingerprint density at radius 3 is 2.61 bits per heavy atom. The van der Waals surface area contributed by atoms with Gasteiger partial charge in [-0.3, -0.25) is 10.1 Å². The lowest BCUT2D eigenvalue weighted by atomic mass is 9.88. The van der Waals surface area contributed by atoms with E-state index >= 15 is 0 Å². The molecule has 0 spiro atoms. The van der Waals surface area contributed by atoms with Crippen LogP contribution in [-0.2, 0) is 11.8 Å². The van der Waals surface area contributed by atoms with Crippen molar-refractivity contribution in [2.24, 2.45) is 12.5 Å². The van der Waals surface area contributed by atoms with Crippen molar-refractivity contribution in [3.63, 3.8) is 0 Å². The van der Waals surface area contributed by atoms with Crippen LogP contribution in [0.25, 0.3) is 10.9 Å². The Hall–Kier alpha value is -1.81. The van der Waals surface area contributed by atoms with Crippen LogP contribution in [0.5, 0.6) is 0 Å². The Balaban J connectivity index is 2.17. The van der Waals surface area contributed by atoms with E-state index in [9.17, 15) is 9.90 Å². The zero-order valence-electron chi connectivity index (χ0n) is 14.8. The molecule has 2 N–H and O–H groups in total. The van der Waals surface area contributed by atoms with Crippen LogP contribution in [0.2, 0.25) is 0 Å². The molecule has 1 aromatic heterocycles. The van der Waals surface area contributed by atoms with E-state index in [0.717, 1.165) is 17.5 Å². The topological polar surface area (TPSA) is 54.3 Å². The molecule has 0 radical (unpaired) electrons. The molecule has 126 valence electrons. The minimum atomic E-state index is -0.777. The van der Waals surface area contributed by atoms with Gasteiger partial charge in [0, 0.05) is 30.2 Å². The second-order valence-corrected chi connectivity index (χ2v) is 7.59. The zero-order valence-corrected chi connectivity index (χ0v) is 14.8.